The summed E-state index contributed by atoms with van der Waals surface area (Å²) in [7, 11) is 0. The van der Waals surface area contributed by atoms with Crippen LogP contribution in [0.1, 0.15) is 37.0 Å². The van der Waals surface area contributed by atoms with Gasteiger partial charge in [0.2, 0.25) is 11.8 Å². The number of rotatable bonds is 7. The van der Waals surface area contributed by atoms with Gasteiger partial charge < -0.3 is 5.32 Å². The standard InChI is InChI=1S/C22H22ClN3O3S/c1-3-12-26-21(29)19(30-22(26)25-18-10-6-16(23)7-11-18)13-20(28)24-17-8-4-15(5-9-17)14(2)27/h4-11,19H,3,12-13H2,1-2H3,(H,24,28)/t19-/m1/s1. The number of Topliss-reactive ketones (excluding diaryl/α,β-unsaturated/α-hetero) is 1. The van der Waals surface area contributed by atoms with Crippen molar-refractivity contribution in [1.82, 2.24) is 4.90 Å². The zero-order valence-corrected chi connectivity index (χ0v) is 18.3. The predicted molar refractivity (Wildman–Crippen MR) is 122 cm³/mol. The fraction of sp³-hybridized carbons (Fsp3) is 0.273. The van der Waals surface area contributed by atoms with Crippen molar-refractivity contribution in [3.63, 3.8) is 0 Å². The molecule has 1 fully saturated rings. The van der Waals surface area contributed by atoms with Crippen molar-refractivity contribution in [2.24, 2.45) is 4.99 Å². The summed E-state index contributed by atoms with van der Waals surface area (Å²) < 4.78 is 0. The van der Waals surface area contributed by atoms with Gasteiger partial charge in [-0.05, 0) is 61.9 Å². The lowest BCUT2D eigenvalue weighted by atomic mass is 10.1. The van der Waals surface area contributed by atoms with E-state index >= 15 is 0 Å². The molecule has 0 spiro atoms. The van der Waals surface area contributed by atoms with Crippen LogP contribution in [0.4, 0.5) is 11.4 Å². The molecule has 0 saturated carbocycles. The van der Waals surface area contributed by atoms with Gasteiger partial charge in [-0.3, -0.25) is 19.3 Å². The molecule has 1 aliphatic heterocycles. The summed E-state index contributed by atoms with van der Waals surface area (Å²) in [6.07, 6.45) is 0.825. The van der Waals surface area contributed by atoms with Crippen LogP contribution < -0.4 is 5.32 Å². The second kappa shape index (κ2) is 9.91. The largest absolute Gasteiger partial charge is 0.326 e. The van der Waals surface area contributed by atoms with Crippen LogP contribution in [0.25, 0.3) is 0 Å². The van der Waals surface area contributed by atoms with E-state index in [1.54, 1.807) is 53.4 Å². The van der Waals surface area contributed by atoms with E-state index in [9.17, 15) is 14.4 Å². The third-order valence-corrected chi connectivity index (χ3v) is 5.89. The lowest BCUT2D eigenvalue weighted by molar-refractivity contribution is -0.128. The van der Waals surface area contributed by atoms with Crippen LogP contribution in [-0.4, -0.2) is 39.5 Å². The van der Waals surface area contributed by atoms with Crippen molar-refractivity contribution in [3.8, 4) is 0 Å². The number of hydrogen-bond donors (Lipinski definition) is 1. The molecule has 3 rings (SSSR count). The number of aliphatic imine (C=N–C) groups is 1. The first-order chi connectivity index (χ1) is 14.4. The van der Waals surface area contributed by atoms with Crippen molar-refractivity contribution in [1.29, 1.82) is 0 Å². The summed E-state index contributed by atoms with van der Waals surface area (Å²) in [5, 5.41) is 3.46. The molecule has 0 aromatic heterocycles. The van der Waals surface area contributed by atoms with E-state index in [1.807, 2.05) is 6.92 Å². The van der Waals surface area contributed by atoms with Crippen LogP contribution in [0.2, 0.25) is 5.02 Å². The van der Waals surface area contributed by atoms with Gasteiger partial charge in [0.25, 0.3) is 0 Å². The fourth-order valence-corrected chi connectivity index (χ4v) is 4.26. The number of carbonyl (C=O) groups excluding carboxylic acids is 3. The van der Waals surface area contributed by atoms with Crippen molar-refractivity contribution >= 4 is 57.5 Å². The van der Waals surface area contributed by atoms with E-state index in [2.05, 4.69) is 10.3 Å². The van der Waals surface area contributed by atoms with Gasteiger partial charge in [-0.1, -0.05) is 30.3 Å². The Labute approximate surface area is 184 Å². The van der Waals surface area contributed by atoms with Crippen LogP contribution in [0.5, 0.6) is 0 Å². The normalized spacial score (nSPS) is 17.4. The Morgan fingerprint density at radius 2 is 1.80 bits per heavy atom. The van der Waals surface area contributed by atoms with Crippen molar-refractivity contribution in [3.05, 3.63) is 59.1 Å². The van der Waals surface area contributed by atoms with Gasteiger partial charge in [0.15, 0.2) is 11.0 Å². The molecule has 6 nitrogen and oxygen atoms in total. The molecule has 8 heteroatoms. The Hall–Kier alpha value is -2.64. The number of carbonyl (C=O) groups is 3. The third kappa shape index (κ3) is 5.49. The fourth-order valence-electron chi connectivity index (χ4n) is 2.95. The highest BCUT2D eigenvalue weighted by molar-refractivity contribution is 8.15. The molecule has 1 N–H and O–H groups in total. The van der Waals surface area contributed by atoms with Crippen LogP contribution in [0, 0.1) is 0 Å². The van der Waals surface area contributed by atoms with Crippen molar-refractivity contribution in [2.75, 3.05) is 11.9 Å². The van der Waals surface area contributed by atoms with E-state index in [0.717, 1.165) is 6.42 Å². The summed E-state index contributed by atoms with van der Waals surface area (Å²) in [5.74, 6) is -0.415. The zero-order valence-electron chi connectivity index (χ0n) is 16.7. The van der Waals surface area contributed by atoms with Crippen LogP contribution in [0.15, 0.2) is 53.5 Å². The van der Waals surface area contributed by atoms with Crippen LogP contribution in [-0.2, 0) is 9.59 Å². The topological polar surface area (TPSA) is 78.8 Å². The number of hydrogen-bond acceptors (Lipinski definition) is 5. The number of thioether (sulfide) groups is 1. The maximum Gasteiger partial charge on any atom is 0.242 e. The lowest BCUT2D eigenvalue weighted by Crippen LogP contribution is -2.34. The number of anilines is 1. The Bertz CT molecular complexity index is 974. The molecule has 0 unspecified atom stereocenters. The molecule has 30 heavy (non-hydrogen) atoms. The van der Waals surface area contributed by atoms with Crippen LogP contribution >= 0.6 is 23.4 Å². The molecular weight excluding hydrogens is 422 g/mol. The minimum Gasteiger partial charge on any atom is -0.326 e. The molecule has 0 bridgehead atoms. The molecule has 1 saturated heterocycles. The highest BCUT2D eigenvalue weighted by Crippen LogP contribution is 2.32. The van der Waals surface area contributed by atoms with Gasteiger partial charge in [0.1, 0.15) is 5.25 Å². The summed E-state index contributed by atoms with van der Waals surface area (Å²) in [6.45, 7) is 4.02. The summed E-state index contributed by atoms with van der Waals surface area (Å²) >= 11 is 7.22. The van der Waals surface area contributed by atoms with Gasteiger partial charge in [-0.25, -0.2) is 4.99 Å². The molecule has 1 atom stereocenters. The first kappa shape index (κ1) is 22.1. The van der Waals surface area contributed by atoms with Gasteiger partial charge in [0, 0.05) is 29.2 Å². The number of ketones is 1. The van der Waals surface area contributed by atoms with E-state index in [1.165, 1.54) is 18.7 Å². The van der Waals surface area contributed by atoms with E-state index in [4.69, 9.17) is 11.6 Å². The maximum absolute atomic E-state index is 12.8. The number of nitrogens with zero attached hydrogens (tertiary/aromatic N) is 2. The summed E-state index contributed by atoms with van der Waals surface area (Å²) in [5.41, 5.74) is 1.86. The predicted octanol–water partition coefficient (Wildman–Crippen LogP) is 4.91. The van der Waals surface area contributed by atoms with Crippen LogP contribution in [0.3, 0.4) is 0 Å². The Kier molecular flexibility index (Phi) is 7.29. The monoisotopic (exact) mass is 443 g/mol. The first-order valence-corrected chi connectivity index (χ1v) is 10.9. The van der Waals surface area contributed by atoms with Crippen molar-refractivity contribution in [2.45, 2.75) is 31.9 Å². The summed E-state index contributed by atoms with van der Waals surface area (Å²) in [4.78, 5) is 42.9. The smallest absolute Gasteiger partial charge is 0.242 e. The SMILES string of the molecule is CCCN1C(=O)[C@@H](CC(=O)Nc2ccc(C(C)=O)cc2)SC1=Nc1ccc(Cl)cc1. The average molecular weight is 444 g/mol. The van der Waals surface area contributed by atoms with E-state index < -0.39 is 5.25 Å². The molecule has 2 amide bonds. The molecule has 2 aromatic rings. The molecule has 0 aliphatic carbocycles. The molecule has 1 heterocycles. The number of benzene rings is 2. The van der Waals surface area contributed by atoms with Gasteiger partial charge in [0.05, 0.1) is 5.69 Å². The second-order valence-corrected chi connectivity index (χ2v) is 8.46. The summed E-state index contributed by atoms with van der Waals surface area (Å²) in [6, 6.07) is 13.7. The minimum atomic E-state index is -0.529. The quantitative estimate of drug-likeness (QED) is 0.616. The molecule has 0 radical (unpaired) electrons. The third-order valence-electron chi connectivity index (χ3n) is 4.46. The van der Waals surface area contributed by atoms with E-state index in [-0.39, 0.29) is 24.0 Å². The van der Waals surface area contributed by atoms with Gasteiger partial charge in [-0.15, -0.1) is 0 Å². The number of halogens is 1. The number of amidine groups is 1. The first-order valence-electron chi connectivity index (χ1n) is 9.60. The number of nitrogens with one attached hydrogen (secondary N) is 1. The minimum absolute atomic E-state index is 0.0376. The highest BCUT2D eigenvalue weighted by atomic mass is 35.5. The lowest BCUT2D eigenvalue weighted by Gasteiger charge is -2.15. The Morgan fingerprint density at radius 1 is 1.13 bits per heavy atom. The molecule has 156 valence electrons. The zero-order chi connectivity index (χ0) is 21.7. The maximum atomic E-state index is 12.8. The van der Waals surface area contributed by atoms with Gasteiger partial charge in [-0.2, -0.15) is 0 Å². The molecule has 1 aliphatic rings. The van der Waals surface area contributed by atoms with E-state index in [0.29, 0.717) is 33.7 Å². The van der Waals surface area contributed by atoms with Crippen molar-refractivity contribution < 1.29 is 14.4 Å². The Balaban J connectivity index is 1.69. The molecular formula is C22H22ClN3O3S. The van der Waals surface area contributed by atoms with Gasteiger partial charge >= 0.3 is 0 Å². The Morgan fingerprint density at radius 3 is 2.40 bits per heavy atom. The second-order valence-electron chi connectivity index (χ2n) is 6.85. The number of amides is 2. The molecule has 2 aromatic carbocycles. The average Bonchev–Trinajstić information content (AvgIpc) is 2.99. The highest BCUT2D eigenvalue weighted by Gasteiger charge is 2.38.